The highest BCUT2D eigenvalue weighted by Crippen LogP contribution is 2.15. The van der Waals surface area contributed by atoms with Crippen molar-refractivity contribution in [1.29, 1.82) is 0 Å². The number of rotatable bonds is 3. The van der Waals surface area contributed by atoms with Gasteiger partial charge in [0.05, 0.1) is 5.92 Å². The molecule has 3 nitrogen and oxygen atoms in total. The quantitative estimate of drug-likeness (QED) is 0.640. The molecule has 0 amide bonds. The molecular weight excluding hydrogens is 154 g/mol. The normalized spacial score (nSPS) is 25.2. The zero-order valence-corrected chi connectivity index (χ0v) is 7.20. The van der Waals surface area contributed by atoms with E-state index in [0.717, 1.165) is 25.9 Å². The summed E-state index contributed by atoms with van der Waals surface area (Å²) in [5.74, 6) is -0.831. The maximum absolute atomic E-state index is 10.7. The Bertz CT molecular complexity index is 179. The minimum atomic E-state index is -0.663. The number of hydrogen-bond acceptors (Lipinski definition) is 2. The van der Waals surface area contributed by atoms with Crippen LogP contribution in [0.1, 0.15) is 12.8 Å². The van der Waals surface area contributed by atoms with Crippen LogP contribution in [0.3, 0.4) is 0 Å². The van der Waals surface area contributed by atoms with Gasteiger partial charge in [-0.1, -0.05) is 6.08 Å². The van der Waals surface area contributed by atoms with Gasteiger partial charge in [0.2, 0.25) is 0 Å². The van der Waals surface area contributed by atoms with Gasteiger partial charge in [-0.05, 0) is 19.4 Å². The van der Waals surface area contributed by atoms with Gasteiger partial charge in [-0.3, -0.25) is 9.69 Å². The first-order valence-corrected chi connectivity index (χ1v) is 4.30. The van der Waals surface area contributed by atoms with E-state index in [1.54, 1.807) is 0 Å². The number of likely N-dealkylation sites (tertiary alicyclic amines) is 1. The third kappa shape index (κ3) is 2.34. The van der Waals surface area contributed by atoms with Crippen molar-refractivity contribution >= 4 is 5.97 Å². The van der Waals surface area contributed by atoms with Crippen molar-refractivity contribution in [3.05, 3.63) is 12.7 Å². The zero-order valence-electron chi connectivity index (χ0n) is 7.20. The summed E-state index contributed by atoms with van der Waals surface area (Å²) in [5.41, 5.74) is 0. The molecule has 1 aliphatic rings. The second-order valence-electron chi connectivity index (χ2n) is 3.23. The van der Waals surface area contributed by atoms with Gasteiger partial charge >= 0.3 is 5.97 Å². The van der Waals surface area contributed by atoms with Crippen LogP contribution in [0.15, 0.2) is 12.7 Å². The maximum Gasteiger partial charge on any atom is 0.307 e. The molecule has 1 unspecified atom stereocenters. The highest BCUT2D eigenvalue weighted by Gasteiger charge is 2.24. The molecule has 0 saturated carbocycles. The standard InChI is InChI=1S/C9H15NO2/c1-2-5-10-6-3-4-8(7-10)9(11)12/h2,8H,1,3-7H2,(H,11,12). The van der Waals surface area contributed by atoms with Gasteiger partial charge < -0.3 is 5.11 Å². The molecule has 0 aromatic rings. The highest BCUT2D eigenvalue weighted by molar-refractivity contribution is 5.70. The molecule has 1 aliphatic heterocycles. The predicted octanol–water partition coefficient (Wildman–Crippen LogP) is 0.969. The van der Waals surface area contributed by atoms with Gasteiger partial charge in [-0.25, -0.2) is 0 Å². The minimum Gasteiger partial charge on any atom is -0.481 e. The first-order valence-electron chi connectivity index (χ1n) is 4.30. The molecule has 1 saturated heterocycles. The zero-order chi connectivity index (χ0) is 8.97. The summed E-state index contributed by atoms with van der Waals surface area (Å²) >= 11 is 0. The third-order valence-electron chi connectivity index (χ3n) is 2.24. The molecule has 3 heteroatoms. The number of hydrogen-bond donors (Lipinski definition) is 1. The summed E-state index contributed by atoms with van der Waals surface area (Å²) in [6.45, 7) is 6.14. The lowest BCUT2D eigenvalue weighted by Gasteiger charge is -2.29. The largest absolute Gasteiger partial charge is 0.481 e. The molecule has 0 bridgehead atoms. The molecule has 12 heavy (non-hydrogen) atoms. The molecule has 1 N–H and O–H groups in total. The molecule has 0 aromatic heterocycles. The fraction of sp³-hybridized carbons (Fsp3) is 0.667. The molecule has 0 spiro atoms. The van der Waals surface area contributed by atoms with Gasteiger partial charge in [-0.2, -0.15) is 0 Å². The Hall–Kier alpha value is -0.830. The second kappa shape index (κ2) is 4.26. The van der Waals surface area contributed by atoms with E-state index >= 15 is 0 Å². The number of aliphatic carboxylic acids is 1. The van der Waals surface area contributed by atoms with Gasteiger partial charge in [0.1, 0.15) is 0 Å². The van der Waals surface area contributed by atoms with Crippen molar-refractivity contribution < 1.29 is 9.90 Å². The summed E-state index contributed by atoms with van der Waals surface area (Å²) in [6, 6.07) is 0. The predicted molar refractivity (Wildman–Crippen MR) is 47.0 cm³/mol. The summed E-state index contributed by atoms with van der Waals surface area (Å²) in [5, 5.41) is 8.77. The third-order valence-corrected chi connectivity index (χ3v) is 2.24. The Kier molecular flexibility index (Phi) is 3.29. The molecule has 1 atom stereocenters. The van der Waals surface area contributed by atoms with E-state index in [0.29, 0.717) is 6.54 Å². The highest BCUT2D eigenvalue weighted by atomic mass is 16.4. The SMILES string of the molecule is C=CCN1CCCC(C(=O)O)C1. The maximum atomic E-state index is 10.7. The van der Waals surface area contributed by atoms with E-state index in [9.17, 15) is 4.79 Å². The second-order valence-corrected chi connectivity index (χ2v) is 3.23. The van der Waals surface area contributed by atoms with E-state index in [-0.39, 0.29) is 5.92 Å². The molecule has 1 heterocycles. The topological polar surface area (TPSA) is 40.5 Å². The Balaban J connectivity index is 2.39. The Morgan fingerprint density at radius 2 is 2.50 bits per heavy atom. The first-order chi connectivity index (χ1) is 5.74. The van der Waals surface area contributed by atoms with Crippen LogP contribution in [0, 0.1) is 5.92 Å². The molecule has 0 radical (unpaired) electrons. The van der Waals surface area contributed by atoms with Crippen molar-refractivity contribution in [1.82, 2.24) is 4.90 Å². The van der Waals surface area contributed by atoms with Crippen LogP contribution in [0.5, 0.6) is 0 Å². The summed E-state index contributed by atoms with van der Waals surface area (Å²) in [4.78, 5) is 12.8. The molecule has 0 aromatic carbocycles. The average molecular weight is 169 g/mol. The lowest BCUT2D eigenvalue weighted by atomic mass is 9.98. The Morgan fingerprint density at radius 3 is 3.08 bits per heavy atom. The molecule has 1 rings (SSSR count). The molecule has 68 valence electrons. The van der Waals surface area contributed by atoms with E-state index in [2.05, 4.69) is 11.5 Å². The summed E-state index contributed by atoms with van der Waals surface area (Å²) < 4.78 is 0. The van der Waals surface area contributed by atoms with Crippen molar-refractivity contribution in [3.63, 3.8) is 0 Å². The average Bonchev–Trinajstić information content (AvgIpc) is 2.05. The van der Waals surface area contributed by atoms with Gasteiger partial charge in [0, 0.05) is 13.1 Å². The number of carboxylic acid groups (broad SMARTS) is 1. The van der Waals surface area contributed by atoms with Crippen molar-refractivity contribution in [3.8, 4) is 0 Å². The van der Waals surface area contributed by atoms with Crippen molar-refractivity contribution in [2.75, 3.05) is 19.6 Å². The first kappa shape index (κ1) is 9.26. The number of nitrogens with zero attached hydrogens (tertiary/aromatic N) is 1. The van der Waals surface area contributed by atoms with Crippen molar-refractivity contribution in [2.24, 2.45) is 5.92 Å². The lowest BCUT2D eigenvalue weighted by molar-refractivity contribution is -0.143. The van der Waals surface area contributed by atoms with Crippen LogP contribution in [-0.4, -0.2) is 35.6 Å². The van der Waals surface area contributed by atoms with E-state index in [4.69, 9.17) is 5.11 Å². The van der Waals surface area contributed by atoms with Crippen LogP contribution < -0.4 is 0 Å². The van der Waals surface area contributed by atoms with Crippen molar-refractivity contribution in [2.45, 2.75) is 12.8 Å². The molecule has 1 fully saturated rings. The summed E-state index contributed by atoms with van der Waals surface area (Å²) in [7, 11) is 0. The lowest BCUT2D eigenvalue weighted by Crippen LogP contribution is -2.38. The molecular formula is C9H15NO2. The smallest absolute Gasteiger partial charge is 0.307 e. The van der Waals surface area contributed by atoms with Gasteiger partial charge in [0.25, 0.3) is 0 Å². The van der Waals surface area contributed by atoms with E-state index in [1.165, 1.54) is 0 Å². The van der Waals surface area contributed by atoms with E-state index < -0.39 is 5.97 Å². The number of piperidine rings is 1. The van der Waals surface area contributed by atoms with E-state index in [1.807, 2.05) is 6.08 Å². The Labute approximate surface area is 72.7 Å². The van der Waals surface area contributed by atoms with Crippen LogP contribution in [-0.2, 0) is 4.79 Å². The van der Waals surface area contributed by atoms with Gasteiger partial charge in [-0.15, -0.1) is 6.58 Å². The fourth-order valence-corrected chi connectivity index (χ4v) is 1.61. The number of carbonyl (C=O) groups is 1. The van der Waals surface area contributed by atoms with Crippen LogP contribution >= 0.6 is 0 Å². The minimum absolute atomic E-state index is 0.168. The summed E-state index contributed by atoms with van der Waals surface area (Å²) in [6.07, 6.45) is 3.64. The Morgan fingerprint density at radius 1 is 1.75 bits per heavy atom. The van der Waals surface area contributed by atoms with Crippen LogP contribution in [0.2, 0.25) is 0 Å². The van der Waals surface area contributed by atoms with Gasteiger partial charge in [0.15, 0.2) is 0 Å². The fourth-order valence-electron chi connectivity index (χ4n) is 1.61. The molecule has 0 aliphatic carbocycles. The van der Waals surface area contributed by atoms with Crippen LogP contribution in [0.25, 0.3) is 0 Å². The van der Waals surface area contributed by atoms with Crippen LogP contribution in [0.4, 0.5) is 0 Å². The monoisotopic (exact) mass is 169 g/mol. The number of carboxylic acids is 1.